The highest BCUT2D eigenvalue weighted by atomic mass is 35.5. The zero-order valence-corrected chi connectivity index (χ0v) is 17.5. The maximum absolute atomic E-state index is 12.4. The van der Waals surface area contributed by atoms with Crippen LogP contribution in [-0.2, 0) is 0 Å². The highest BCUT2D eigenvalue weighted by Gasteiger charge is 2.17. The molecular formula is C20H26ClN3O4. The van der Waals surface area contributed by atoms with E-state index in [4.69, 9.17) is 25.8 Å². The topological polar surface area (TPSA) is 72.1 Å². The lowest BCUT2D eigenvalue weighted by molar-refractivity contribution is 0.243. The van der Waals surface area contributed by atoms with Crippen molar-refractivity contribution in [3.63, 3.8) is 0 Å². The number of benzene rings is 2. The molecular weight excluding hydrogens is 382 g/mol. The Morgan fingerprint density at radius 3 is 2.21 bits per heavy atom. The molecule has 2 N–H and O–H groups in total. The molecule has 0 spiro atoms. The summed E-state index contributed by atoms with van der Waals surface area (Å²) in [6.45, 7) is 0.415. The van der Waals surface area contributed by atoms with Crippen LogP contribution < -0.4 is 24.8 Å². The molecule has 0 aromatic heterocycles. The van der Waals surface area contributed by atoms with Gasteiger partial charge in [0.2, 0.25) is 0 Å². The standard InChI is InChI=1S/C20H26ClN3O4/c1-24(2)17(13-6-8-14(26-3)9-7-13)12-22-20(25)23-16-11-18(27-4)15(21)10-19(16)28-5/h6-11,17H,12H2,1-5H3,(H2,22,23,25). The summed E-state index contributed by atoms with van der Waals surface area (Å²) in [5, 5.41) is 6.07. The average Bonchev–Trinajstić information content (AvgIpc) is 2.69. The van der Waals surface area contributed by atoms with E-state index in [0.29, 0.717) is 28.8 Å². The number of hydrogen-bond donors (Lipinski definition) is 2. The minimum atomic E-state index is -0.358. The lowest BCUT2D eigenvalue weighted by Gasteiger charge is -2.25. The first-order chi connectivity index (χ1) is 13.4. The molecule has 0 bridgehead atoms. The summed E-state index contributed by atoms with van der Waals surface area (Å²) in [6, 6.07) is 10.6. The zero-order chi connectivity index (χ0) is 20.7. The van der Waals surface area contributed by atoms with Gasteiger partial charge in [0.15, 0.2) is 0 Å². The predicted molar refractivity (Wildman–Crippen MR) is 111 cm³/mol. The van der Waals surface area contributed by atoms with Crippen LogP contribution in [0.3, 0.4) is 0 Å². The molecule has 0 aliphatic rings. The van der Waals surface area contributed by atoms with E-state index in [1.807, 2.05) is 43.3 Å². The largest absolute Gasteiger partial charge is 0.497 e. The minimum Gasteiger partial charge on any atom is -0.497 e. The molecule has 0 aliphatic heterocycles. The Bertz CT molecular complexity index is 797. The van der Waals surface area contributed by atoms with Gasteiger partial charge >= 0.3 is 6.03 Å². The summed E-state index contributed by atoms with van der Waals surface area (Å²) >= 11 is 6.10. The maximum atomic E-state index is 12.4. The Balaban J connectivity index is 2.07. The van der Waals surface area contributed by atoms with E-state index in [0.717, 1.165) is 11.3 Å². The van der Waals surface area contributed by atoms with Crippen LogP contribution in [-0.4, -0.2) is 52.9 Å². The molecule has 7 nitrogen and oxygen atoms in total. The van der Waals surface area contributed by atoms with Crippen molar-refractivity contribution in [3.05, 3.63) is 47.0 Å². The number of likely N-dealkylation sites (N-methyl/N-ethyl adjacent to an activating group) is 1. The number of halogens is 1. The van der Waals surface area contributed by atoms with E-state index >= 15 is 0 Å². The van der Waals surface area contributed by atoms with Gasteiger partial charge in [0.1, 0.15) is 17.2 Å². The Morgan fingerprint density at radius 2 is 1.68 bits per heavy atom. The van der Waals surface area contributed by atoms with E-state index in [1.165, 1.54) is 14.2 Å². The molecule has 1 unspecified atom stereocenters. The summed E-state index contributed by atoms with van der Waals surface area (Å²) in [7, 11) is 8.56. The molecule has 0 radical (unpaired) electrons. The van der Waals surface area contributed by atoms with Crippen molar-refractivity contribution in [1.82, 2.24) is 10.2 Å². The van der Waals surface area contributed by atoms with Crippen molar-refractivity contribution in [3.8, 4) is 17.2 Å². The van der Waals surface area contributed by atoms with Crippen molar-refractivity contribution >= 4 is 23.3 Å². The van der Waals surface area contributed by atoms with Crippen LogP contribution in [0.5, 0.6) is 17.2 Å². The third-order valence-electron chi connectivity index (χ3n) is 4.30. The Labute approximate surface area is 170 Å². The number of carbonyl (C=O) groups excluding carboxylic acids is 1. The zero-order valence-electron chi connectivity index (χ0n) is 16.7. The smallest absolute Gasteiger partial charge is 0.319 e. The number of nitrogens with zero attached hydrogens (tertiary/aromatic N) is 1. The second-order valence-corrected chi connectivity index (χ2v) is 6.68. The summed E-state index contributed by atoms with van der Waals surface area (Å²) < 4.78 is 15.7. The first kappa shape index (κ1) is 21.7. The number of carbonyl (C=O) groups is 1. The van der Waals surface area contributed by atoms with E-state index in [1.54, 1.807) is 19.2 Å². The number of anilines is 1. The number of ether oxygens (including phenoxy) is 3. The summed E-state index contributed by atoms with van der Waals surface area (Å²) in [5.74, 6) is 1.68. The fourth-order valence-electron chi connectivity index (χ4n) is 2.74. The van der Waals surface area contributed by atoms with Crippen molar-refractivity contribution in [1.29, 1.82) is 0 Å². The number of nitrogens with one attached hydrogen (secondary N) is 2. The van der Waals surface area contributed by atoms with Gasteiger partial charge in [0, 0.05) is 18.7 Å². The Morgan fingerprint density at radius 1 is 1.04 bits per heavy atom. The van der Waals surface area contributed by atoms with Gasteiger partial charge in [-0.1, -0.05) is 23.7 Å². The highest BCUT2D eigenvalue weighted by molar-refractivity contribution is 6.32. The van der Waals surface area contributed by atoms with Gasteiger partial charge < -0.3 is 29.7 Å². The van der Waals surface area contributed by atoms with E-state index in [-0.39, 0.29) is 12.1 Å². The van der Waals surface area contributed by atoms with E-state index in [9.17, 15) is 4.79 Å². The number of urea groups is 1. The van der Waals surface area contributed by atoms with Crippen LogP contribution in [0.15, 0.2) is 36.4 Å². The van der Waals surface area contributed by atoms with Gasteiger partial charge in [0.05, 0.1) is 38.1 Å². The normalized spacial score (nSPS) is 11.7. The number of amides is 2. The molecule has 2 rings (SSSR count). The number of hydrogen-bond acceptors (Lipinski definition) is 5. The van der Waals surface area contributed by atoms with Crippen LogP contribution in [0.25, 0.3) is 0 Å². The van der Waals surface area contributed by atoms with Crippen molar-refractivity contribution < 1.29 is 19.0 Å². The number of methoxy groups -OCH3 is 3. The van der Waals surface area contributed by atoms with Crippen molar-refractivity contribution in [2.24, 2.45) is 0 Å². The quantitative estimate of drug-likeness (QED) is 0.696. The summed E-state index contributed by atoms with van der Waals surface area (Å²) in [5.41, 5.74) is 1.53. The molecule has 1 atom stereocenters. The first-order valence-corrected chi connectivity index (χ1v) is 9.04. The molecule has 8 heteroatoms. The van der Waals surface area contributed by atoms with Crippen LogP contribution >= 0.6 is 11.6 Å². The average molecular weight is 408 g/mol. The first-order valence-electron chi connectivity index (χ1n) is 8.66. The second kappa shape index (κ2) is 10.1. The molecule has 2 aromatic carbocycles. The maximum Gasteiger partial charge on any atom is 0.319 e. The molecule has 0 saturated heterocycles. The lowest BCUT2D eigenvalue weighted by Crippen LogP contribution is -2.37. The molecule has 0 fully saturated rings. The van der Waals surface area contributed by atoms with Crippen LogP contribution in [0.1, 0.15) is 11.6 Å². The van der Waals surface area contributed by atoms with Gasteiger partial charge in [0.25, 0.3) is 0 Å². The monoisotopic (exact) mass is 407 g/mol. The fraction of sp³-hybridized carbons (Fsp3) is 0.350. The van der Waals surface area contributed by atoms with Gasteiger partial charge in [-0.15, -0.1) is 0 Å². The minimum absolute atomic E-state index is 0.00157. The van der Waals surface area contributed by atoms with Gasteiger partial charge in [-0.05, 0) is 31.8 Å². The van der Waals surface area contributed by atoms with Gasteiger partial charge in [-0.25, -0.2) is 4.79 Å². The van der Waals surface area contributed by atoms with E-state index < -0.39 is 0 Å². The van der Waals surface area contributed by atoms with Crippen molar-refractivity contribution in [2.45, 2.75) is 6.04 Å². The fourth-order valence-corrected chi connectivity index (χ4v) is 2.97. The van der Waals surface area contributed by atoms with Gasteiger partial charge in [-0.3, -0.25) is 0 Å². The van der Waals surface area contributed by atoms with E-state index in [2.05, 4.69) is 10.6 Å². The second-order valence-electron chi connectivity index (χ2n) is 6.27. The SMILES string of the molecule is COc1ccc(C(CNC(=O)Nc2cc(OC)c(Cl)cc2OC)N(C)C)cc1. The molecule has 0 saturated carbocycles. The third-order valence-corrected chi connectivity index (χ3v) is 4.60. The molecule has 28 heavy (non-hydrogen) atoms. The van der Waals surface area contributed by atoms with Crippen LogP contribution in [0, 0.1) is 0 Å². The molecule has 152 valence electrons. The molecule has 2 aromatic rings. The molecule has 2 amide bonds. The predicted octanol–water partition coefficient (Wildman–Crippen LogP) is 3.79. The summed E-state index contributed by atoms with van der Waals surface area (Å²) in [4.78, 5) is 14.5. The third kappa shape index (κ3) is 5.43. The highest BCUT2D eigenvalue weighted by Crippen LogP contribution is 2.35. The molecule has 0 heterocycles. The number of rotatable bonds is 8. The van der Waals surface area contributed by atoms with Crippen LogP contribution in [0.2, 0.25) is 5.02 Å². The van der Waals surface area contributed by atoms with Crippen molar-refractivity contribution in [2.75, 3.05) is 47.3 Å². The Hall–Kier alpha value is -2.64. The Kier molecular flexibility index (Phi) is 7.78. The lowest BCUT2D eigenvalue weighted by atomic mass is 10.1. The summed E-state index contributed by atoms with van der Waals surface area (Å²) in [6.07, 6.45) is 0. The van der Waals surface area contributed by atoms with Gasteiger partial charge in [-0.2, -0.15) is 0 Å². The van der Waals surface area contributed by atoms with Crippen LogP contribution in [0.4, 0.5) is 10.5 Å². The molecule has 0 aliphatic carbocycles.